The lowest BCUT2D eigenvalue weighted by molar-refractivity contribution is 0.0979. The van der Waals surface area contributed by atoms with Gasteiger partial charge in [-0.15, -0.1) is 0 Å². The zero-order valence-electron chi connectivity index (χ0n) is 24.7. The first kappa shape index (κ1) is 29.8. The quantitative estimate of drug-likeness (QED) is 0.201. The Labute approximate surface area is 231 Å². The maximum Gasteiger partial charge on any atom is 0.194 e. The Kier molecular flexibility index (Phi) is 11.3. The number of hydrogen-bond donors (Lipinski definition) is 0. The van der Waals surface area contributed by atoms with Crippen molar-refractivity contribution in [1.82, 2.24) is 0 Å². The van der Waals surface area contributed by atoms with Crippen molar-refractivity contribution in [2.75, 3.05) is 0 Å². The highest BCUT2D eigenvalue weighted by Gasteiger charge is 2.29. The van der Waals surface area contributed by atoms with Crippen LogP contribution >= 0.6 is 0 Å². The fourth-order valence-electron chi connectivity index (χ4n) is 5.39. The second kappa shape index (κ2) is 14.4. The summed E-state index contributed by atoms with van der Waals surface area (Å²) in [7, 11) is 0. The summed E-state index contributed by atoms with van der Waals surface area (Å²) >= 11 is 0. The molecular weight excluding hydrogens is 464 g/mol. The Morgan fingerprint density at radius 1 is 0.684 bits per heavy atom. The van der Waals surface area contributed by atoms with Gasteiger partial charge >= 0.3 is 0 Å². The number of benzene rings is 2. The predicted molar refractivity (Wildman–Crippen MR) is 161 cm³/mol. The van der Waals surface area contributed by atoms with Crippen LogP contribution in [0.2, 0.25) is 0 Å². The molecule has 0 saturated heterocycles. The second-order valence-electron chi connectivity index (χ2n) is 12.1. The third kappa shape index (κ3) is 8.65. The molecule has 0 saturated carbocycles. The van der Waals surface area contributed by atoms with Crippen LogP contribution in [0.3, 0.4) is 0 Å². The Morgan fingerprint density at radius 2 is 1.29 bits per heavy atom. The first-order valence-corrected chi connectivity index (χ1v) is 14.8. The van der Waals surface area contributed by atoms with Gasteiger partial charge in [-0.1, -0.05) is 81.2 Å². The predicted octanol–water partition coefficient (Wildman–Crippen LogP) is 9.87. The SMILES string of the molecule is CC(C)=CCCC(C)CCCc1ccc2c(c1)C(=O)c1cc(CC/C=C(\C)CCCC(C)C)ccc1C2=O. The molecule has 2 heteroatoms. The number of hydrogen-bond acceptors (Lipinski definition) is 2. The van der Waals surface area contributed by atoms with Gasteiger partial charge in [-0.2, -0.15) is 0 Å². The highest BCUT2D eigenvalue weighted by Crippen LogP contribution is 2.30. The van der Waals surface area contributed by atoms with Crippen LogP contribution in [-0.4, -0.2) is 11.6 Å². The Hall–Kier alpha value is -2.74. The van der Waals surface area contributed by atoms with Gasteiger partial charge in [-0.25, -0.2) is 0 Å². The van der Waals surface area contributed by atoms with Gasteiger partial charge in [0.1, 0.15) is 0 Å². The van der Waals surface area contributed by atoms with Crippen LogP contribution in [0, 0.1) is 11.8 Å². The lowest BCUT2D eigenvalue weighted by atomic mass is 9.82. The van der Waals surface area contributed by atoms with Gasteiger partial charge < -0.3 is 0 Å². The molecule has 204 valence electrons. The minimum absolute atomic E-state index is 0.00574. The molecule has 0 amide bonds. The van der Waals surface area contributed by atoms with E-state index in [-0.39, 0.29) is 11.6 Å². The summed E-state index contributed by atoms with van der Waals surface area (Å²) in [6.45, 7) is 13.4. The summed E-state index contributed by atoms with van der Waals surface area (Å²) in [6, 6.07) is 11.7. The molecule has 2 aromatic rings. The van der Waals surface area contributed by atoms with Crippen molar-refractivity contribution in [3.63, 3.8) is 0 Å². The Bertz CT molecular complexity index is 1170. The molecule has 0 aliphatic heterocycles. The average molecular weight is 513 g/mol. The molecular formula is C36H48O2. The molecule has 0 heterocycles. The van der Waals surface area contributed by atoms with Gasteiger partial charge in [-0.05, 0) is 107 Å². The van der Waals surface area contributed by atoms with Crippen molar-refractivity contribution in [1.29, 1.82) is 0 Å². The summed E-state index contributed by atoms with van der Waals surface area (Å²) in [6.07, 6.45) is 15.7. The van der Waals surface area contributed by atoms with Crippen LogP contribution in [0.15, 0.2) is 59.7 Å². The van der Waals surface area contributed by atoms with Crippen LogP contribution in [0.1, 0.15) is 136 Å². The summed E-state index contributed by atoms with van der Waals surface area (Å²) < 4.78 is 0. The third-order valence-electron chi connectivity index (χ3n) is 7.80. The van der Waals surface area contributed by atoms with Crippen molar-refractivity contribution < 1.29 is 9.59 Å². The number of aryl methyl sites for hydroxylation is 2. The van der Waals surface area contributed by atoms with E-state index in [1.165, 1.54) is 36.8 Å². The van der Waals surface area contributed by atoms with E-state index in [4.69, 9.17) is 0 Å². The van der Waals surface area contributed by atoms with Crippen LogP contribution in [-0.2, 0) is 12.8 Å². The van der Waals surface area contributed by atoms with Crippen LogP contribution in [0.5, 0.6) is 0 Å². The molecule has 0 N–H and O–H groups in total. The number of fused-ring (bicyclic) bond motifs is 2. The number of allylic oxidation sites excluding steroid dienone is 4. The number of carbonyl (C=O) groups is 2. The van der Waals surface area contributed by atoms with Crippen molar-refractivity contribution in [3.05, 3.63) is 93.1 Å². The topological polar surface area (TPSA) is 34.1 Å². The minimum atomic E-state index is -0.0264. The van der Waals surface area contributed by atoms with Gasteiger partial charge in [0.05, 0.1) is 0 Å². The molecule has 38 heavy (non-hydrogen) atoms. The Morgan fingerprint density at radius 3 is 1.89 bits per heavy atom. The molecule has 3 rings (SSSR count). The fourth-order valence-corrected chi connectivity index (χ4v) is 5.39. The van der Waals surface area contributed by atoms with E-state index >= 15 is 0 Å². The van der Waals surface area contributed by atoms with Crippen molar-refractivity contribution in [2.45, 2.75) is 106 Å². The van der Waals surface area contributed by atoms with E-state index in [9.17, 15) is 9.59 Å². The van der Waals surface area contributed by atoms with Gasteiger partial charge in [0, 0.05) is 22.3 Å². The number of ketones is 2. The zero-order valence-corrected chi connectivity index (χ0v) is 24.7. The van der Waals surface area contributed by atoms with Crippen LogP contribution in [0.4, 0.5) is 0 Å². The summed E-state index contributed by atoms with van der Waals surface area (Å²) in [5.41, 5.74) is 7.35. The van der Waals surface area contributed by atoms with Gasteiger partial charge in [-0.3, -0.25) is 9.59 Å². The normalized spacial score (nSPS) is 13.9. The van der Waals surface area contributed by atoms with E-state index in [0.717, 1.165) is 55.6 Å². The van der Waals surface area contributed by atoms with Crippen LogP contribution in [0.25, 0.3) is 0 Å². The summed E-state index contributed by atoms with van der Waals surface area (Å²) in [5.74, 6) is 1.41. The molecule has 0 bridgehead atoms. The molecule has 0 fully saturated rings. The summed E-state index contributed by atoms with van der Waals surface area (Å²) in [4.78, 5) is 26.7. The molecule has 2 nitrogen and oxygen atoms in total. The molecule has 2 aromatic carbocycles. The van der Waals surface area contributed by atoms with Gasteiger partial charge in [0.2, 0.25) is 0 Å². The van der Waals surface area contributed by atoms with E-state index in [0.29, 0.717) is 28.2 Å². The smallest absolute Gasteiger partial charge is 0.194 e. The molecule has 0 spiro atoms. The average Bonchev–Trinajstić information content (AvgIpc) is 2.86. The van der Waals surface area contributed by atoms with Gasteiger partial charge in [0.25, 0.3) is 0 Å². The van der Waals surface area contributed by atoms with Crippen molar-refractivity contribution in [3.8, 4) is 0 Å². The molecule has 1 aliphatic carbocycles. The first-order valence-electron chi connectivity index (χ1n) is 14.8. The van der Waals surface area contributed by atoms with E-state index in [1.807, 2.05) is 36.4 Å². The second-order valence-corrected chi connectivity index (χ2v) is 12.1. The van der Waals surface area contributed by atoms with E-state index in [1.54, 1.807) is 0 Å². The van der Waals surface area contributed by atoms with E-state index in [2.05, 4.69) is 53.7 Å². The van der Waals surface area contributed by atoms with E-state index < -0.39 is 0 Å². The molecule has 1 atom stereocenters. The number of rotatable bonds is 14. The van der Waals surface area contributed by atoms with Crippen molar-refractivity contribution in [2.24, 2.45) is 11.8 Å². The standard InChI is InChI=1S/C36H48O2/c1-25(2)11-7-13-27(5)15-9-17-29-19-21-31-33(23-29)36(38)34-24-30(20-22-32(34)35(31)37)18-10-16-28(6)14-8-12-26(3)4/h11,16,19-24,26-27H,7-10,12-15,17-18H2,1-6H3/b28-16+. The first-order chi connectivity index (χ1) is 18.2. The largest absolute Gasteiger partial charge is 0.289 e. The van der Waals surface area contributed by atoms with Crippen LogP contribution < -0.4 is 0 Å². The third-order valence-corrected chi connectivity index (χ3v) is 7.80. The molecule has 0 radical (unpaired) electrons. The Balaban J connectivity index is 1.61. The molecule has 1 unspecified atom stereocenters. The molecule has 0 aromatic heterocycles. The summed E-state index contributed by atoms with van der Waals surface area (Å²) in [5, 5.41) is 0. The fraction of sp³-hybridized carbons (Fsp3) is 0.500. The monoisotopic (exact) mass is 512 g/mol. The molecule has 1 aliphatic rings. The zero-order chi connectivity index (χ0) is 27.7. The minimum Gasteiger partial charge on any atom is -0.289 e. The lowest BCUT2D eigenvalue weighted by Crippen LogP contribution is -2.21. The maximum absolute atomic E-state index is 13.5. The highest BCUT2D eigenvalue weighted by molar-refractivity contribution is 6.28. The van der Waals surface area contributed by atoms with Gasteiger partial charge in [0.15, 0.2) is 11.6 Å². The number of carbonyl (C=O) groups excluding carboxylic acids is 2. The lowest BCUT2D eigenvalue weighted by Gasteiger charge is -2.19. The maximum atomic E-state index is 13.5. The highest BCUT2D eigenvalue weighted by atomic mass is 16.1. The van der Waals surface area contributed by atoms with Crippen molar-refractivity contribution >= 4 is 11.6 Å².